The SMILES string of the molecule is COc1cc2c(cc1OC)CN(c1c(C)c(C)c3c(c1C)C(c1ccccc1C(C)C)C(C)(C)O3)C2. The van der Waals surface area contributed by atoms with Crippen molar-refractivity contribution in [2.45, 2.75) is 79.0 Å². The van der Waals surface area contributed by atoms with Gasteiger partial charge in [-0.25, -0.2) is 0 Å². The summed E-state index contributed by atoms with van der Waals surface area (Å²) in [7, 11) is 3.40. The van der Waals surface area contributed by atoms with Crippen molar-refractivity contribution in [3.63, 3.8) is 0 Å². The molecule has 4 heteroatoms. The number of rotatable bonds is 5. The predicted octanol–water partition coefficient (Wildman–Crippen LogP) is 7.58. The van der Waals surface area contributed by atoms with Crippen molar-refractivity contribution < 1.29 is 14.2 Å². The first kappa shape index (κ1) is 24.5. The van der Waals surface area contributed by atoms with Crippen LogP contribution in [0.2, 0.25) is 0 Å². The molecule has 0 radical (unpaired) electrons. The lowest BCUT2D eigenvalue weighted by atomic mass is 9.75. The monoisotopic (exact) mass is 485 g/mol. The molecule has 2 heterocycles. The summed E-state index contributed by atoms with van der Waals surface area (Å²) in [5, 5.41) is 0. The van der Waals surface area contributed by atoms with Crippen molar-refractivity contribution >= 4 is 5.69 Å². The Bertz CT molecular complexity index is 1300. The van der Waals surface area contributed by atoms with Crippen molar-refractivity contribution in [2.75, 3.05) is 19.1 Å². The maximum atomic E-state index is 6.78. The summed E-state index contributed by atoms with van der Waals surface area (Å²) in [5.74, 6) is 3.27. The van der Waals surface area contributed by atoms with Gasteiger partial charge in [-0.2, -0.15) is 0 Å². The largest absolute Gasteiger partial charge is 0.493 e. The van der Waals surface area contributed by atoms with Gasteiger partial charge in [-0.05, 0) is 91.6 Å². The van der Waals surface area contributed by atoms with Gasteiger partial charge in [0.2, 0.25) is 0 Å². The molecule has 36 heavy (non-hydrogen) atoms. The first-order valence-electron chi connectivity index (χ1n) is 13.0. The smallest absolute Gasteiger partial charge is 0.161 e. The summed E-state index contributed by atoms with van der Waals surface area (Å²) in [4.78, 5) is 2.51. The van der Waals surface area contributed by atoms with Crippen LogP contribution in [0.4, 0.5) is 5.69 Å². The number of anilines is 1. The van der Waals surface area contributed by atoms with Gasteiger partial charge in [0.15, 0.2) is 11.5 Å². The highest BCUT2D eigenvalue weighted by Gasteiger charge is 2.46. The van der Waals surface area contributed by atoms with Gasteiger partial charge in [0.25, 0.3) is 0 Å². The van der Waals surface area contributed by atoms with Crippen molar-refractivity contribution in [2.24, 2.45) is 0 Å². The molecule has 0 fully saturated rings. The molecule has 190 valence electrons. The number of methoxy groups -OCH3 is 2. The molecular formula is C32H39NO3. The molecule has 3 aromatic rings. The van der Waals surface area contributed by atoms with E-state index in [4.69, 9.17) is 14.2 Å². The summed E-state index contributed by atoms with van der Waals surface area (Å²) in [6, 6.07) is 13.2. The highest BCUT2D eigenvalue weighted by atomic mass is 16.5. The zero-order valence-electron chi connectivity index (χ0n) is 23.2. The normalized spacial score (nSPS) is 17.7. The van der Waals surface area contributed by atoms with Crippen molar-refractivity contribution in [3.05, 3.63) is 80.9 Å². The minimum atomic E-state index is -0.331. The predicted molar refractivity (Wildman–Crippen MR) is 147 cm³/mol. The topological polar surface area (TPSA) is 30.9 Å². The first-order valence-corrected chi connectivity index (χ1v) is 13.0. The van der Waals surface area contributed by atoms with Crippen molar-refractivity contribution in [3.8, 4) is 17.2 Å². The molecule has 0 amide bonds. The molecule has 0 saturated heterocycles. The van der Waals surface area contributed by atoms with Gasteiger partial charge in [-0.15, -0.1) is 0 Å². The number of hydrogen-bond acceptors (Lipinski definition) is 4. The highest BCUT2D eigenvalue weighted by Crippen LogP contribution is 2.55. The van der Waals surface area contributed by atoms with Crippen molar-refractivity contribution in [1.82, 2.24) is 0 Å². The van der Waals surface area contributed by atoms with E-state index in [-0.39, 0.29) is 11.5 Å². The molecule has 0 saturated carbocycles. The zero-order chi connectivity index (χ0) is 25.9. The van der Waals surface area contributed by atoms with E-state index < -0.39 is 0 Å². The Morgan fingerprint density at radius 2 is 1.47 bits per heavy atom. The van der Waals surface area contributed by atoms with Gasteiger partial charge in [-0.3, -0.25) is 0 Å². The number of fused-ring (bicyclic) bond motifs is 2. The number of hydrogen-bond donors (Lipinski definition) is 0. The minimum absolute atomic E-state index is 0.175. The summed E-state index contributed by atoms with van der Waals surface area (Å²) in [5.41, 5.74) is 11.6. The van der Waals surface area contributed by atoms with E-state index in [2.05, 4.69) is 89.8 Å². The summed E-state index contributed by atoms with van der Waals surface area (Å²) in [6.07, 6.45) is 0. The molecule has 0 bridgehead atoms. The first-order chi connectivity index (χ1) is 17.1. The quantitative estimate of drug-likeness (QED) is 0.373. The summed E-state index contributed by atoms with van der Waals surface area (Å²) < 4.78 is 17.9. The van der Waals surface area contributed by atoms with Crippen LogP contribution in [-0.4, -0.2) is 19.8 Å². The maximum Gasteiger partial charge on any atom is 0.161 e. The molecule has 0 aromatic heterocycles. The fraction of sp³-hybridized carbons (Fsp3) is 0.438. The molecule has 1 unspecified atom stereocenters. The summed E-state index contributed by atoms with van der Waals surface area (Å²) in [6.45, 7) is 17.5. The van der Waals surface area contributed by atoms with E-state index in [9.17, 15) is 0 Å². The van der Waals surface area contributed by atoms with Crippen LogP contribution >= 0.6 is 0 Å². The van der Waals surface area contributed by atoms with Gasteiger partial charge in [-0.1, -0.05) is 38.1 Å². The van der Waals surface area contributed by atoms with Gasteiger partial charge in [0, 0.05) is 24.3 Å². The molecule has 1 atom stereocenters. The van der Waals surface area contributed by atoms with E-state index in [1.807, 2.05) is 0 Å². The third-order valence-electron chi connectivity index (χ3n) is 8.28. The molecular weight excluding hydrogens is 446 g/mol. The maximum absolute atomic E-state index is 6.78. The second-order valence-corrected chi connectivity index (χ2v) is 11.2. The van der Waals surface area contributed by atoms with Gasteiger partial charge >= 0.3 is 0 Å². The Morgan fingerprint density at radius 1 is 0.889 bits per heavy atom. The molecule has 4 nitrogen and oxygen atoms in total. The molecule has 5 rings (SSSR count). The molecule has 3 aromatic carbocycles. The Balaban J connectivity index is 1.66. The third kappa shape index (κ3) is 3.65. The lowest BCUT2D eigenvalue weighted by molar-refractivity contribution is 0.121. The second-order valence-electron chi connectivity index (χ2n) is 11.2. The van der Waals surface area contributed by atoms with E-state index in [0.29, 0.717) is 5.92 Å². The molecule has 0 spiro atoms. The van der Waals surface area contributed by atoms with Gasteiger partial charge in [0.05, 0.1) is 20.1 Å². The van der Waals surface area contributed by atoms with E-state index in [0.717, 1.165) is 30.3 Å². The zero-order valence-corrected chi connectivity index (χ0v) is 23.2. The number of benzene rings is 3. The molecule has 2 aliphatic rings. The fourth-order valence-electron chi connectivity index (χ4n) is 6.46. The lowest BCUT2D eigenvalue weighted by Gasteiger charge is -2.30. The van der Waals surface area contributed by atoms with E-state index in [1.165, 1.54) is 50.2 Å². The number of ether oxygens (including phenoxy) is 3. The molecule has 0 N–H and O–H groups in total. The highest BCUT2D eigenvalue weighted by molar-refractivity contribution is 5.73. The standard InChI is InChI=1S/C32H39NO3/c1-18(2)24-12-10-11-13-25(24)29-28-21(5)30(19(3)20(4)31(28)36-32(29,6)7)33-16-22-14-26(34-8)27(35-9)15-23(22)17-33/h10-15,18,29H,16-17H2,1-9H3. The second kappa shape index (κ2) is 8.76. The Kier molecular flexibility index (Phi) is 5.97. The Morgan fingerprint density at radius 3 is 2.03 bits per heavy atom. The average Bonchev–Trinajstić information content (AvgIpc) is 3.38. The third-order valence-corrected chi connectivity index (χ3v) is 8.28. The van der Waals surface area contributed by atoms with Crippen LogP contribution in [0.25, 0.3) is 0 Å². The van der Waals surface area contributed by atoms with Gasteiger partial charge in [0.1, 0.15) is 11.4 Å². The number of nitrogens with zero attached hydrogens (tertiary/aromatic N) is 1. The summed E-state index contributed by atoms with van der Waals surface area (Å²) >= 11 is 0. The fourth-order valence-corrected chi connectivity index (χ4v) is 6.46. The Hall–Kier alpha value is -3.14. The van der Waals surface area contributed by atoms with Crippen LogP contribution in [0.3, 0.4) is 0 Å². The molecule has 0 aliphatic carbocycles. The van der Waals surface area contributed by atoms with E-state index in [1.54, 1.807) is 14.2 Å². The van der Waals surface area contributed by atoms with Crippen molar-refractivity contribution in [1.29, 1.82) is 0 Å². The molecule has 2 aliphatic heterocycles. The van der Waals surface area contributed by atoms with Gasteiger partial charge < -0.3 is 19.1 Å². The van der Waals surface area contributed by atoms with E-state index >= 15 is 0 Å². The van der Waals surface area contributed by atoms with Crippen LogP contribution in [0.5, 0.6) is 17.2 Å². The lowest BCUT2D eigenvalue weighted by Crippen LogP contribution is -2.32. The van der Waals surface area contributed by atoms with Crippen LogP contribution in [-0.2, 0) is 13.1 Å². The van der Waals surface area contributed by atoms with Crippen LogP contribution in [0, 0.1) is 20.8 Å². The van der Waals surface area contributed by atoms with Crippen LogP contribution in [0.15, 0.2) is 36.4 Å². The van der Waals surface area contributed by atoms with Crippen LogP contribution < -0.4 is 19.1 Å². The minimum Gasteiger partial charge on any atom is -0.493 e. The van der Waals surface area contributed by atoms with Crippen LogP contribution in [0.1, 0.15) is 84.0 Å². The Labute approximate surface area is 216 Å². The average molecular weight is 486 g/mol.